The van der Waals surface area contributed by atoms with E-state index in [1.807, 2.05) is 0 Å². The van der Waals surface area contributed by atoms with Crippen molar-refractivity contribution in [3.05, 3.63) is 95.1 Å². The molecule has 0 fully saturated rings. The van der Waals surface area contributed by atoms with E-state index in [4.69, 9.17) is 9.47 Å². The molecule has 150 valence electrons. The Kier molecular flexibility index (Phi) is 5.88. The van der Waals surface area contributed by atoms with Gasteiger partial charge in [-0.25, -0.2) is 19.2 Å². The summed E-state index contributed by atoms with van der Waals surface area (Å²) in [6.07, 6.45) is 0. The number of hydrogen-bond donors (Lipinski definition) is 2. The number of benzene rings is 3. The summed E-state index contributed by atoms with van der Waals surface area (Å²) in [6.45, 7) is 0. The topological polar surface area (TPSA) is 127 Å². The van der Waals surface area contributed by atoms with E-state index in [1.54, 1.807) is 0 Å². The summed E-state index contributed by atoms with van der Waals surface area (Å²) in [7, 11) is 0. The van der Waals surface area contributed by atoms with E-state index in [-0.39, 0.29) is 33.8 Å². The molecule has 30 heavy (non-hydrogen) atoms. The minimum atomic E-state index is -1.26. The molecule has 0 saturated carbocycles. The molecule has 3 aromatic rings. The molecule has 0 radical (unpaired) electrons. The fraction of sp³-hybridized carbons (Fsp3) is 0. The van der Waals surface area contributed by atoms with Crippen molar-refractivity contribution in [2.75, 3.05) is 0 Å². The molecule has 8 nitrogen and oxygen atoms in total. The SMILES string of the molecule is O=C(Oc1ccccc1C(=O)O)c1cccc(C(=O)Oc2ccccc2C(=O)O)c1. The number of para-hydroxylation sites is 2. The van der Waals surface area contributed by atoms with Crippen LogP contribution in [0.4, 0.5) is 0 Å². The Morgan fingerprint density at radius 3 is 1.37 bits per heavy atom. The first kappa shape index (κ1) is 20.3. The molecule has 0 heterocycles. The molecule has 0 aromatic heterocycles. The van der Waals surface area contributed by atoms with Crippen LogP contribution in [0.15, 0.2) is 72.8 Å². The van der Waals surface area contributed by atoms with Crippen LogP contribution in [0.25, 0.3) is 0 Å². The lowest BCUT2D eigenvalue weighted by atomic mass is 10.1. The lowest BCUT2D eigenvalue weighted by molar-refractivity contribution is 0.0664. The third kappa shape index (κ3) is 4.50. The maximum atomic E-state index is 12.4. The molecule has 0 spiro atoms. The average molecular weight is 406 g/mol. The van der Waals surface area contributed by atoms with Crippen molar-refractivity contribution in [3.8, 4) is 11.5 Å². The van der Waals surface area contributed by atoms with Gasteiger partial charge in [-0.15, -0.1) is 0 Å². The second-order valence-electron chi connectivity index (χ2n) is 5.96. The van der Waals surface area contributed by atoms with Crippen LogP contribution < -0.4 is 9.47 Å². The van der Waals surface area contributed by atoms with Gasteiger partial charge in [-0.05, 0) is 42.5 Å². The predicted octanol–water partition coefficient (Wildman–Crippen LogP) is 3.52. The summed E-state index contributed by atoms with van der Waals surface area (Å²) in [6, 6.07) is 16.7. The molecule has 0 unspecified atom stereocenters. The number of ether oxygens (including phenoxy) is 2. The largest absolute Gasteiger partial charge is 0.478 e. The lowest BCUT2D eigenvalue weighted by Gasteiger charge is -2.09. The van der Waals surface area contributed by atoms with Gasteiger partial charge in [0.05, 0.1) is 11.1 Å². The maximum absolute atomic E-state index is 12.4. The van der Waals surface area contributed by atoms with E-state index in [9.17, 15) is 29.4 Å². The van der Waals surface area contributed by atoms with Gasteiger partial charge in [0.15, 0.2) is 0 Å². The van der Waals surface area contributed by atoms with Gasteiger partial charge >= 0.3 is 23.9 Å². The van der Waals surface area contributed by atoms with Gasteiger partial charge in [-0.2, -0.15) is 0 Å². The summed E-state index contributed by atoms with van der Waals surface area (Å²) in [4.78, 5) is 47.3. The molecule has 3 rings (SSSR count). The fourth-order valence-corrected chi connectivity index (χ4v) is 2.56. The number of carbonyl (C=O) groups excluding carboxylic acids is 2. The molecule has 0 aliphatic rings. The van der Waals surface area contributed by atoms with Gasteiger partial charge in [-0.3, -0.25) is 0 Å². The first-order valence-electron chi connectivity index (χ1n) is 8.56. The molecular formula is C22H14O8. The molecule has 8 heteroatoms. The number of aromatic carboxylic acids is 2. The van der Waals surface area contributed by atoms with E-state index < -0.39 is 23.9 Å². The van der Waals surface area contributed by atoms with Crippen molar-refractivity contribution in [2.45, 2.75) is 0 Å². The van der Waals surface area contributed by atoms with Crippen LogP contribution in [0, 0.1) is 0 Å². The highest BCUT2D eigenvalue weighted by atomic mass is 16.5. The number of rotatable bonds is 6. The highest BCUT2D eigenvalue weighted by Crippen LogP contribution is 2.21. The van der Waals surface area contributed by atoms with Gasteiger partial charge in [0.25, 0.3) is 0 Å². The molecule has 3 aromatic carbocycles. The van der Waals surface area contributed by atoms with Gasteiger partial charge in [0.2, 0.25) is 0 Å². The summed E-state index contributed by atoms with van der Waals surface area (Å²) in [5.41, 5.74) is -0.411. The van der Waals surface area contributed by atoms with Crippen molar-refractivity contribution >= 4 is 23.9 Å². The maximum Gasteiger partial charge on any atom is 0.343 e. The minimum Gasteiger partial charge on any atom is -0.478 e. The Morgan fingerprint density at radius 2 is 0.967 bits per heavy atom. The van der Waals surface area contributed by atoms with E-state index in [2.05, 4.69) is 0 Å². The summed E-state index contributed by atoms with van der Waals surface area (Å²) < 4.78 is 10.3. The summed E-state index contributed by atoms with van der Waals surface area (Å²) in [5.74, 6) is -4.54. The Bertz CT molecular complexity index is 1060. The van der Waals surface area contributed by atoms with Crippen LogP contribution in [0.2, 0.25) is 0 Å². The van der Waals surface area contributed by atoms with Crippen LogP contribution >= 0.6 is 0 Å². The number of esters is 2. The quantitative estimate of drug-likeness (QED) is 0.470. The van der Waals surface area contributed by atoms with Gasteiger partial charge in [-0.1, -0.05) is 30.3 Å². The average Bonchev–Trinajstić information content (AvgIpc) is 2.74. The zero-order valence-corrected chi connectivity index (χ0v) is 15.3. The van der Waals surface area contributed by atoms with Crippen LogP contribution in [-0.2, 0) is 0 Å². The van der Waals surface area contributed by atoms with Crippen LogP contribution in [0.3, 0.4) is 0 Å². The van der Waals surface area contributed by atoms with Gasteiger partial charge < -0.3 is 19.7 Å². The number of carboxylic acids is 2. The first-order chi connectivity index (χ1) is 14.4. The van der Waals surface area contributed by atoms with E-state index in [1.165, 1.54) is 72.8 Å². The number of hydrogen-bond acceptors (Lipinski definition) is 6. The Labute approximate surface area is 169 Å². The van der Waals surface area contributed by atoms with Gasteiger partial charge in [0.1, 0.15) is 22.6 Å². The molecule has 2 N–H and O–H groups in total. The molecule has 0 atom stereocenters. The molecular weight excluding hydrogens is 392 g/mol. The smallest absolute Gasteiger partial charge is 0.343 e. The third-order valence-electron chi connectivity index (χ3n) is 3.97. The van der Waals surface area contributed by atoms with Crippen molar-refractivity contribution in [1.29, 1.82) is 0 Å². The van der Waals surface area contributed by atoms with Crippen molar-refractivity contribution in [2.24, 2.45) is 0 Å². The Morgan fingerprint density at radius 1 is 0.567 bits per heavy atom. The van der Waals surface area contributed by atoms with E-state index >= 15 is 0 Å². The normalized spacial score (nSPS) is 10.1. The molecule has 0 amide bonds. The van der Waals surface area contributed by atoms with Crippen molar-refractivity contribution in [3.63, 3.8) is 0 Å². The molecule has 0 bridgehead atoms. The highest BCUT2D eigenvalue weighted by Gasteiger charge is 2.19. The van der Waals surface area contributed by atoms with Crippen LogP contribution in [-0.4, -0.2) is 34.1 Å². The summed E-state index contributed by atoms with van der Waals surface area (Å²) >= 11 is 0. The molecule has 0 aliphatic carbocycles. The zero-order valence-electron chi connectivity index (χ0n) is 15.3. The third-order valence-corrected chi connectivity index (χ3v) is 3.97. The molecule has 0 saturated heterocycles. The standard InChI is InChI=1S/C22H14O8/c23-19(24)15-8-1-3-10-17(15)29-21(27)13-6-5-7-14(12-13)22(28)30-18-11-4-2-9-16(18)20(25)26/h1-12H,(H,23,24)(H,25,26). The highest BCUT2D eigenvalue weighted by molar-refractivity contribution is 5.99. The lowest BCUT2D eigenvalue weighted by Crippen LogP contribution is -2.14. The second kappa shape index (κ2) is 8.70. The van der Waals surface area contributed by atoms with E-state index in [0.29, 0.717) is 0 Å². The fourth-order valence-electron chi connectivity index (χ4n) is 2.56. The number of carbonyl (C=O) groups is 4. The van der Waals surface area contributed by atoms with Crippen molar-refractivity contribution in [1.82, 2.24) is 0 Å². The van der Waals surface area contributed by atoms with E-state index in [0.717, 1.165) is 0 Å². The zero-order chi connectivity index (χ0) is 21.7. The first-order valence-corrected chi connectivity index (χ1v) is 8.56. The number of carboxylic acid groups (broad SMARTS) is 2. The predicted molar refractivity (Wildman–Crippen MR) is 103 cm³/mol. The monoisotopic (exact) mass is 406 g/mol. The summed E-state index contributed by atoms with van der Waals surface area (Å²) in [5, 5.41) is 18.3. The van der Waals surface area contributed by atoms with Gasteiger partial charge in [0, 0.05) is 0 Å². The van der Waals surface area contributed by atoms with Crippen LogP contribution in [0.1, 0.15) is 41.4 Å². The van der Waals surface area contributed by atoms with Crippen LogP contribution in [0.5, 0.6) is 11.5 Å². The Hall–Kier alpha value is -4.46. The van der Waals surface area contributed by atoms with Crippen molar-refractivity contribution < 1.29 is 38.9 Å². The second-order valence-corrected chi connectivity index (χ2v) is 5.96. The molecule has 0 aliphatic heterocycles. The Balaban J connectivity index is 1.81. The minimum absolute atomic E-state index is 0.0174.